The SMILES string of the molecule is CC1(C)CC2CC(C)(CN2CC(O)COc2ccc(CC#N)cc2)C1. The molecular formula is C21H30N2O2. The van der Waals surface area contributed by atoms with E-state index in [-0.39, 0.29) is 0 Å². The second kappa shape index (κ2) is 6.97. The third-order valence-electron chi connectivity index (χ3n) is 5.62. The van der Waals surface area contributed by atoms with Gasteiger partial charge in [0.1, 0.15) is 18.5 Å². The van der Waals surface area contributed by atoms with Gasteiger partial charge in [-0.05, 0) is 47.8 Å². The van der Waals surface area contributed by atoms with Crippen molar-refractivity contribution in [1.82, 2.24) is 4.90 Å². The van der Waals surface area contributed by atoms with Crippen molar-refractivity contribution in [3.63, 3.8) is 0 Å². The Morgan fingerprint density at radius 1 is 1.28 bits per heavy atom. The molecule has 1 aliphatic heterocycles. The maximum absolute atomic E-state index is 10.4. The number of fused-ring (bicyclic) bond motifs is 2. The van der Waals surface area contributed by atoms with Gasteiger partial charge in [-0.2, -0.15) is 5.26 Å². The van der Waals surface area contributed by atoms with E-state index in [0.29, 0.717) is 36.4 Å². The van der Waals surface area contributed by atoms with E-state index in [1.54, 1.807) is 0 Å². The van der Waals surface area contributed by atoms with E-state index in [9.17, 15) is 5.11 Å². The molecule has 0 radical (unpaired) electrons. The van der Waals surface area contributed by atoms with Crippen LogP contribution in [0.15, 0.2) is 24.3 Å². The van der Waals surface area contributed by atoms with Gasteiger partial charge in [0.25, 0.3) is 0 Å². The van der Waals surface area contributed by atoms with Crippen molar-refractivity contribution in [2.75, 3.05) is 19.7 Å². The Morgan fingerprint density at radius 2 is 2.00 bits per heavy atom. The molecule has 1 saturated carbocycles. The van der Waals surface area contributed by atoms with Crippen LogP contribution in [-0.4, -0.2) is 41.8 Å². The molecule has 1 N–H and O–H groups in total. The lowest BCUT2D eigenvalue weighted by atomic mass is 9.65. The van der Waals surface area contributed by atoms with Gasteiger partial charge in [0, 0.05) is 19.1 Å². The highest BCUT2D eigenvalue weighted by Gasteiger charge is 2.49. The van der Waals surface area contributed by atoms with Crippen LogP contribution in [0.3, 0.4) is 0 Å². The zero-order chi connectivity index (χ0) is 18.1. The lowest BCUT2D eigenvalue weighted by molar-refractivity contribution is 0.0585. The first kappa shape index (κ1) is 18.2. The van der Waals surface area contributed by atoms with Crippen LogP contribution in [0.1, 0.15) is 45.6 Å². The molecule has 3 atom stereocenters. The zero-order valence-electron chi connectivity index (χ0n) is 15.7. The fourth-order valence-electron chi connectivity index (χ4n) is 5.10. The molecule has 2 aliphatic rings. The third kappa shape index (κ3) is 4.54. The van der Waals surface area contributed by atoms with E-state index in [0.717, 1.165) is 17.9 Å². The maximum atomic E-state index is 10.4. The van der Waals surface area contributed by atoms with Crippen LogP contribution in [-0.2, 0) is 6.42 Å². The number of benzene rings is 1. The van der Waals surface area contributed by atoms with Crippen LogP contribution in [0.25, 0.3) is 0 Å². The molecule has 1 aromatic carbocycles. The van der Waals surface area contributed by atoms with E-state index in [2.05, 4.69) is 31.7 Å². The van der Waals surface area contributed by atoms with Crippen LogP contribution in [0.4, 0.5) is 0 Å². The molecule has 2 bridgehead atoms. The first-order valence-electron chi connectivity index (χ1n) is 9.29. The molecule has 4 nitrogen and oxygen atoms in total. The van der Waals surface area contributed by atoms with Gasteiger partial charge in [-0.3, -0.25) is 4.90 Å². The molecule has 1 heterocycles. The smallest absolute Gasteiger partial charge is 0.119 e. The summed E-state index contributed by atoms with van der Waals surface area (Å²) in [7, 11) is 0. The van der Waals surface area contributed by atoms with Gasteiger partial charge in [-0.25, -0.2) is 0 Å². The van der Waals surface area contributed by atoms with Crippen molar-refractivity contribution in [3.8, 4) is 11.8 Å². The van der Waals surface area contributed by atoms with E-state index in [1.807, 2.05) is 24.3 Å². The summed E-state index contributed by atoms with van der Waals surface area (Å²) in [6, 6.07) is 10.3. The summed E-state index contributed by atoms with van der Waals surface area (Å²) in [4.78, 5) is 2.47. The third-order valence-corrected chi connectivity index (χ3v) is 5.62. The van der Waals surface area contributed by atoms with Gasteiger partial charge in [-0.15, -0.1) is 0 Å². The average molecular weight is 342 g/mol. The molecule has 25 heavy (non-hydrogen) atoms. The van der Waals surface area contributed by atoms with Crippen molar-refractivity contribution in [3.05, 3.63) is 29.8 Å². The molecule has 2 fully saturated rings. The predicted molar refractivity (Wildman–Crippen MR) is 98.4 cm³/mol. The Labute approximate surface area is 151 Å². The Bertz CT molecular complexity index is 634. The second-order valence-electron chi connectivity index (χ2n) is 9.09. The molecule has 4 heteroatoms. The highest BCUT2D eigenvalue weighted by Crippen LogP contribution is 2.52. The van der Waals surface area contributed by atoms with Gasteiger partial charge >= 0.3 is 0 Å². The Balaban J connectivity index is 1.50. The van der Waals surface area contributed by atoms with Gasteiger partial charge in [0.05, 0.1) is 12.5 Å². The van der Waals surface area contributed by atoms with Crippen LogP contribution in [0, 0.1) is 22.2 Å². The number of hydrogen-bond donors (Lipinski definition) is 1. The number of nitrogens with zero attached hydrogens (tertiary/aromatic N) is 2. The van der Waals surface area contributed by atoms with E-state index in [1.165, 1.54) is 19.3 Å². The van der Waals surface area contributed by atoms with Crippen molar-refractivity contribution in [2.45, 2.75) is 58.6 Å². The predicted octanol–water partition coefficient (Wildman–Crippen LogP) is 3.39. The maximum Gasteiger partial charge on any atom is 0.119 e. The first-order chi connectivity index (χ1) is 11.8. The zero-order valence-corrected chi connectivity index (χ0v) is 15.7. The van der Waals surface area contributed by atoms with Crippen molar-refractivity contribution in [1.29, 1.82) is 5.26 Å². The molecule has 0 spiro atoms. The van der Waals surface area contributed by atoms with E-state index < -0.39 is 6.10 Å². The number of β-amino-alcohol motifs (C(OH)–C–C–N with tert-alkyl or cyclic N) is 1. The number of ether oxygens (including phenoxy) is 1. The molecular weight excluding hydrogens is 312 g/mol. The molecule has 1 saturated heterocycles. The van der Waals surface area contributed by atoms with Crippen LogP contribution < -0.4 is 4.74 Å². The minimum atomic E-state index is -0.482. The summed E-state index contributed by atoms with van der Waals surface area (Å²) < 4.78 is 5.73. The normalized spacial score (nSPS) is 29.2. The Hall–Kier alpha value is -1.57. The van der Waals surface area contributed by atoms with Crippen molar-refractivity contribution in [2.24, 2.45) is 10.8 Å². The molecule has 3 unspecified atom stereocenters. The molecule has 1 aliphatic carbocycles. The molecule has 3 rings (SSSR count). The number of rotatable bonds is 6. The van der Waals surface area contributed by atoms with Gasteiger partial charge in [0.2, 0.25) is 0 Å². The minimum Gasteiger partial charge on any atom is -0.491 e. The highest BCUT2D eigenvalue weighted by atomic mass is 16.5. The summed E-state index contributed by atoms with van der Waals surface area (Å²) in [6.45, 7) is 9.21. The molecule has 0 aromatic heterocycles. The van der Waals surface area contributed by atoms with Crippen molar-refractivity contribution >= 4 is 0 Å². The van der Waals surface area contributed by atoms with Gasteiger partial charge < -0.3 is 9.84 Å². The number of aliphatic hydroxyl groups is 1. The Morgan fingerprint density at radius 3 is 2.68 bits per heavy atom. The summed E-state index contributed by atoms with van der Waals surface area (Å²) in [5.74, 6) is 0.744. The van der Waals surface area contributed by atoms with E-state index >= 15 is 0 Å². The quantitative estimate of drug-likeness (QED) is 0.861. The molecule has 1 aromatic rings. The summed E-state index contributed by atoms with van der Waals surface area (Å²) in [5, 5.41) is 19.1. The Kier molecular flexibility index (Phi) is 5.09. The van der Waals surface area contributed by atoms with Gasteiger partial charge in [0.15, 0.2) is 0 Å². The van der Waals surface area contributed by atoms with E-state index in [4.69, 9.17) is 10.00 Å². The van der Waals surface area contributed by atoms with Gasteiger partial charge in [-0.1, -0.05) is 32.9 Å². The highest BCUT2D eigenvalue weighted by molar-refractivity contribution is 5.28. The number of aliphatic hydroxyl groups excluding tert-OH is 1. The second-order valence-corrected chi connectivity index (χ2v) is 9.09. The van der Waals surface area contributed by atoms with Crippen LogP contribution in [0.2, 0.25) is 0 Å². The fourth-order valence-corrected chi connectivity index (χ4v) is 5.10. The standard InChI is InChI=1S/C21H30N2O2/c1-20(2)10-17-11-21(3,14-20)15-23(17)12-18(24)13-25-19-6-4-16(5-7-19)8-9-22/h4-7,17-18,24H,8,10-15H2,1-3H3. The van der Waals surface area contributed by atoms with Crippen LogP contribution in [0.5, 0.6) is 5.75 Å². The number of nitriles is 1. The summed E-state index contributed by atoms with van der Waals surface area (Å²) >= 11 is 0. The average Bonchev–Trinajstić information content (AvgIpc) is 2.75. The number of likely N-dealkylation sites (tertiary alicyclic amines) is 1. The largest absolute Gasteiger partial charge is 0.491 e. The molecule has 136 valence electrons. The fraction of sp³-hybridized carbons (Fsp3) is 0.667. The first-order valence-corrected chi connectivity index (χ1v) is 9.29. The monoisotopic (exact) mass is 342 g/mol. The number of hydrogen-bond acceptors (Lipinski definition) is 4. The lowest BCUT2D eigenvalue weighted by Gasteiger charge is -2.40. The van der Waals surface area contributed by atoms with Crippen molar-refractivity contribution < 1.29 is 9.84 Å². The lowest BCUT2D eigenvalue weighted by Crippen LogP contribution is -2.39. The topological polar surface area (TPSA) is 56.5 Å². The molecule has 0 amide bonds. The van der Waals surface area contributed by atoms with Crippen LogP contribution >= 0.6 is 0 Å². The summed E-state index contributed by atoms with van der Waals surface area (Å²) in [6.07, 6.45) is 3.68. The summed E-state index contributed by atoms with van der Waals surface area (Å²) in [5.41, 5.74) is 1.78. The minimum absolute atomic E-state index is 0.306.